The Morgan fingerprint density at radius 1 is 1.17 bits per heavy atom. The van der Waals surface area contributed by atoms with Crippen LogP contribution in [0.2, 0.25) is 5.02 Å². The fraction of sp³-hybridized carbons (Fsp3) is 0.364. The summed E-state index contributed by atoms with van der Waals surface area (Å²) in [4.78, 5) is 12.4. The second kappa shape index (κ2) is 10.7. The zero-order chi connectivity index (χ0) is 25.9. The third-order valence-corrected chi connectivity index (χ3v) is 7.35. The van der Waals surface area contributed by atoms with Gasteiger partial charge in [0.1, 0.15) is 11.4 Å². The van der Waals surface area contributed by atoms with Crippen LogP contribution in [0.3, 0.4) is 0 Å². The first-order valence-electron chi connectivity index (χ1n) is 11.0. The molecule has 0 aliphatic heterocycles. The van der Waals surface area contributed by atoms with Gasteiger partial charge in [-0.2, -0.15) is 0 Å². The minimum atomic E-state index is -4.05. The van der Waals surface area contributed by atoms with Crippen molar-refractivity contribution in [3.63, 3.8) is 0 Å². The summed E-state index contributed by atoms with van der Waals surface area (Å²) < 4.78 is 41.8. The van der Waals surface area contributed by atoms with Crippen LogP contribution in [0.4, 0.5) is 5.95 Å². The molecule has 4 rings (SSSR count). The molecule has 36 heavy (non-hydrogen) atoms. The summed E-state index contributed by atoms with van der Waals surface area (Å²) in [7, 11) is -2.66. The van der Waals surface area contributed by atoms with Gasteiger partial charge in [0.15, 0.2) is 17.4 Å². The van der Waals surface area contributed by atoms with Gasteiger partial charge in [0.25, 0.3) is 0 Å². The van der Waals surface area contributed by atoms with Crippen LogP contribution < -0.4 is 4.72 Å². The molecule has 1 N–H and O–H groups in total. The van der Waals surface area contributed by atoms with Gasteiger partial charge in [-0.05, 0) is 31.9 Å². The van der Waals surface area contributed by atoms with Gasteiger partial charge in [-0.1, -0.05) is 23.7 Å². The Balaban J connectivity index is 1.69. The molecule has 4 aromatic rings. The third kappa shape index (κ3) is 5.53. The maximum Gasteiger partial charge on any atom is 0.240 e. The van der Waals surface area contributed by atoms with Gasteiger partial charge in [0, 0.05) is 43.5 Å². The zero-order valence-corrected chi connectivity index (χ0v) is 21.7. The number of nitrogens with one attached hydrogen (secondary N) is 1. The molecule has 0 saturated carbocycles. The van der Waals surface area contributed by atoms with Crippen molar-refractivity contribution in [1.29, 1.82) is 0 Å². The molecule has 190 valence electrons. The van der Waals surface area contributed by atoms with Gasteiger partial charge in [-0.25, -0.2) is 18.4 Å². The van der Waals surface area contributed by atoms with E-state index in [9.17, 15) is 8.42 Å². The third-order valence-electron chi connectivity index (χ3n) is 5.47. The molecule has 4 aromatic heterocycles. The lowest BCUT2D eigenvalue weighted by atomic mass is 10.2. The summed E-state index contributed by atoms with van der Waals surface area (Å²) in [5.74, 6) is 1.11. The van der Waals surface area contributed by atoms with Crippen LogP contribution in [0.1, 0.15) is 42.8 Å². The highest BCUT2D eigenvalue weighted by atomic mass is 35.5. The maximum absolute atomic E-state index is 13.4. The average molecular weight is 533 g/mol. The fourth-order valence-electron chi connectivity index (χ4n) is 3.53. The first-order chi connectivity index (χ1) is 17.2. The molecule has 0 aliphatic rings. The molecule has 0 amide bonds. The summed E-state index contributed by atoms with van der Waals surface area (Å²) in [6.45, 7) is 5.49. The van der Waals surface area contributed by atoms with Crippen LogP contribution in [0.5, 0.6) is 0 Å². The summed E-state index contributed by atoms with van der Waals surface area (Å²) in [5, 5.41) is 11.6. The van der Waals surface area contributed by atoms with E-state index in [4.69, 9.17) is 20.9 Å². The second-order valence-corrected chi connectivity index (χ2v) is 10.6. The van der Waals surface area contributed by atoms with Crippen LogP contribution in [0.25, 0.3) is 11.4 Å². The Morgan fingerprint density at radius 3 is 2.56 bits per heavy atom. The van der Waals surface area contributed by atoms with Crippen LogP contribution in [0, 0.1) is 6.92 Å². The number of rotatable bonds is 10. The van der Waals surface area contributed by atoms with Crippen molar-refractivity contribution in [1.82, 2.24) is 34.9 Å². The van der Waals surface area contributed by atoms with Crippen molar-refractivity contribution in [3.8, 4) is 11.4 Å². The number of halogens is 1. The molecule has 0 spiro atoms. The number of hydrogen-bond acceptors (Lipinski definition) is 10. The summed E-state index contributed by atoms with van der Waals surface area (Å²) >= 11 is 5.86. The van der Waals surface area contributed by atoms with Gasteiger partial charge in [-0.15, -0.1) is 10.2 Å². The number of ether oxygens (including phenoxy) is 1. The predicted molar refractivity (Wildman–Crippen MR) is 132 cm³/mol. The Morgan fingerprint density at radius 2 is 1.92 bits per heavy atom. The molecule has 14 heteroatoms. The molecule has 2 unspecified atom stereocenters. The number of aromatic nitrogens is 7. The largest absolute Gasteiger partial charge is 0.372 e. The highest BCUT2D eigenvalue weighted by molar-refractivity contribution is 7.93. The number of hydrogen-bond donors (Lipinski definition) is 1. The fourth-order valence-corrected chi connectivity index (χ4v) is 4.78. The lowest BCUT2D eigenvalue weighted by molar-refractivity contribution is 0.0950. The number of methoxy groups -OCH3 is 1. The van der Waals surface area contributed by atoms with Crippen molar-refractivity contribution in [2.75, 3.05) is 11.8 Å². The summed E-state index contributed by atoms with van der Waals surface area (Å²) in [6, 6.07) is 3.68. The molecule has 4 heterocycles. The molecule has 0 fully saturated rings. The van der Waals surface area contributed by atoms with Crippen LogP contribution in [0.15, 0.2) is 41.4 Å². The molecule has 0 aromatic carbocycles. The van der Waals surface area contributed by atoms with Crippen LogP contribution >= 0.6 is 11.6 Å². The minimum Gasteiger partial charge on any atom is -0.372 e. The monoisotopic (exact) mass is 532 g/mol. The van der Waals surface area contributed by atoms with Crippen molar-refractivity contribution < 1.29 is 17.7 Å². The van der Waals surface area contributed by atoms with Gasteiger partial charge in [-0.3, -0.25) is 14.3 Å². The molecule has 0 saturated heterocycles. The number of nitrogens with zero attached hydrogens (tertiary/aromatic N) is 7. The smallest absolute Gasteiger partial charge is 0.240 e. The average Bonchev–Trinajstić information content (AvgIpc) is 3.47. The maximum atomic E-state index is 13.4. The highest BCUT2D eigenvalue weighted by Gasteiger charge is 2.34. The standard InChI is InChI=1S/C22H25ClN8O4S/c1-5-17-7-18(35-29-17)12-31-21(15-6-13(2)8-24-9-15)27-28-22(31)30-36(32,33)14(3)19(34-4)20-25-10-16(23)11-26-20/h6-11,14,19H,5,12H2,1-4H3,(H,28,30). The topological polar surface area (TPSA) is 151 Å². The second-order valence-electron chi connectivity index (χ2n) is 8.09. The Kier molecular flexibility index (Phi) is 7.62. The molecular weight excluding hydrogens is 508 g/mol. The molecule has 12 nitrogen and oxygen atoms in total. The number of pyridine rings is 1. The Labute approximate surface area is 213 Å². The molecule has 0 aliphatic carbocycles. The van der Waals surface area contributed by atoms with E-state index >= 15 is 0 Å². The van der Waals surface area contributed by atoms with Gasteiger partial charge in [0.05, 0.1) is 17.3 Å². The summed E-state index contributed by atoms with van der Waals surface area (Å²) in [5.41, 5.74) is 2.36. The number of anilines is 1. The number of aryl methyl sites for hydroxylation is 2. The first-order valence-corrected chi connectivity index (χ1v) is 13.0. The van der Waals surface area contributed by atoms with Crippen molar-refractivity contribution in [2.24, 2.45) is 0 Å². The molecule has 0 radical (unpaired) electrons. The van der Waals surface area contributed by atoms with Gasteiger partial charge < -0.3 is 9.26 Å². The van der Waals surface area contributed by atoms with E-state index in [0.717, 1.165) is 11.3 Å². The molecule has 0 bridgehead atoms. The lowest BCUT2D eigenvalue weighted by Gasteiger charge is -2.22. The van der Waals surface area contributed by atoms with E-state index < -0.39 is 21.4 Å². The minimum absolute atomic E-state index is 0.000294. The number of sulfonamides is 1. The van der Waals surface area contributed by atoms with Crippen LogP contribution in [-0.2, 0) is 27.7 Å². The zero-order valence-electron chi connectivity index (χ0n) is 20.1. The Bertz CT molecular complexity index is 1440. The Hall–Kier alpha value is -3.42. The van der Waals surface area contributed by atoms with E-state index in [1.165, 1.54) is 26.4 Å². The first kappa shape index (κ1) is 25.7. The quantitative estimate of drug-likeness (QED) is 0.322. The van der Waals surface area contributed by atoms with Crippen LogP contribution in [-0.4, -0.2) is 55.7 Å². The lowest BCUT2D eigenvalue weighted by Crippen LogP contribution is -2.33. The normalized spacial score (nSPS) is 13.5. The summed E-state index contributed by atoms with van der Waals surface area (Å²) in [6.07, 6.45) is 5.84. The van der Waals surface area contributed by atoms with E-state index in [1.54, 1.807) is 23.0 Å². The van der Waals surface area contributed by atoms with Gasteiger partial charge >= 0.3 is 0 Å². The van der Waals surface area contributed by atoms with Crippen molar-refractivity contribution in [3.05, 3.63) is 64.8 Å². The van der Waals surface area contributed by atoms with E-state index in [-0.39, 0.29) is 18.3 Å². The van der Waals surface area contributed by atoms with E-state index in [1.807, 2.05) is 19.9 Å². The van der Waals surface area contributed by atoms with Gasteiger partial charge in [0.2, 0.25) is 16.0 Å². The van der Waals surface area contributed by atoms with E-state index in [0.29, 0.717) is 28.6 Å². The van der Waals surface area contributed by atoms with E-state index in [2.05, 4.69) is 35.0 Å². The SMILES string of the molecule is CCc1cc(Cn2c(NS(=O)(=O)C(C)C(OC)c3ncc(Cl)cn3)nnc2-c2cncc(C)c2)on1. The molecular formula is C22H25ClN8O4S. The predicted octanol–water partition coefficient (Wildman–Crippen LogP) is 3.21. The van der Waals surface area contributed by atoms with Crippen molar-refractivity contribution >= 4 is 27.6 Å². The van der Waals surface area contributed by atoms with Crippen molar-refractivity contribution in [2.45, 2.75) is 45.1 Å². The highest BCUT2D eigenvalue weighted by Crippen LogP contribution is 2.27. The molecule has 2 atom stereocenters.